The van der Waals surface area contributed by atoms with Gasteiger partial charge in [-0.25, -0.2) is 4.39 Å². The van der Waals surface area contributed by atoms with Crippen molar-refractivity contribution in [3.05, 3.63) is 64.1 Å². The number of fused-ring (bicyclic) bond motifs is 1. The van der Waals surface area contributed by atoms with Gasteiger partial charge in [0, 0.05) is 30.4 Å². The van der Waals surface area contributed by atoms with Crippen LogP contribution in [0.2, 0.25) is 0 Å². The smallest absolute Gasteiger partial charge is 0.263 e. The monoisotopic (exact) mass is 452 g/mol. The number of amides is 1. The number of carbonyl (C=O) groups excluding carboxylic acids is 1. The van der Waals surface area contributed by atoms with E-state index in [9.17, 15) is 14.0 Å². The van der Waals surface area contributed by atoms with Gasteiger partial charge in [-0.3, -0.25) is 14.2 Å². The lowest BCUT2D eigenvalue weighted by Crippen LogP contribution is -2.39. The van der Waals surface area contributed by atoms with Crippen molar-refractivity contribution in [1.29, 1.82) is 0 Å². The number of pyridine rings is 1. The Balaban J connectivity index is 1.96. The Labute approximate surface area is 192 Å². The summed E-state index contributed by atoms with van der Waals surface area (Å²) in [4.78, 5) is 28.8. The van der Waals surface area contributed by atoms with Gasteiger partial charge >= 0.3 is 0 Å². The summed E-state index contributed by atoms with van der Waals surface area (Å²) in [6.45, 7) is 4.86. The maximum Gasteiger partial charge on any atom is 0.263 e. The molecule has 0 radical (unpaired) electrons. The van der Waals surface area contributed by atoms with Crippen LogP contribution in [0.15, 0.2) is 47.4 Å². The molecule has 0 atom stereocenters. The molecule has 33 heavy (non-hydrogen) atoms. The molecule has 1 fully saturated rings. The van der Waals surface area contributed by atoms with E-state index in [2.05, 4.69) is 13.8 Å². The molecule has 2 aromatic carbocycles. The van der Waals surface area contributed by atoms with Crippen molar-refractivity contribution in [2.75, 3.05) is 27.3 Å². The summed E-state index contributed by atoms with van der Waals surface area (Å²) in [5.41, 5.74) is 1.88. The molecule has 6 nitrogen and oxygen atoms in total. The van der Waals surface area contributed by atoms with Crippen LogP contribution in [0.3, 0.4) is 0 Å². The molecule has 0 bridgehead atoms. The number of methoxy groups -OCH3 is 2. The first-order valence-corrected chi connectivity index (χ1v) is 11.2. The van der Waals surface area contributed by atoms with E-state index in [0.717, 1.165) is 5.56 Å². The molecule has 0 saturated carbocycles. The summed E-state index contributed by atoms with van der Waals surface area (Å²) >= 11 is 0. The van der Waals surface area contributed by atoms with Gasteiger partial charge in [-0.1, -0.05) is 26.0 Å². The molecule has 174 valence electrons. The SMILES string of the molecule is COc1cc2c(C(=O)N3CCC(F)CC3)cn(-c3cccc(C(C)C)c3)c(=O)c2cc1OC. The zero-order valence-electron chi connectivity index (χ0n) is 19.4. The van der Waals surface area contributed by atoms with Crippen LogP contribution < -0.4 is 15.0 Å². The lowest BCUT2D eigenvalue weighted by molar-refractivity contribution is 0.0668. The van der Waals surface area contributed by atoms with Gasteiger partial charge in [0.05, 0.1) is 25.2 Å². The highest BCUT2D eigenvalue weighted by Crippen LogP contribution is 2.33. The van der Waals surface area contributed by atoms with E-state index < -0.39 is 6.17 Å². The van der Waals surface area contributed by atoms with Gasteiger partial charge in [0.15, 0.2) is 11.5 Å². The minimum atomic E-state index is -0.886. The van der Waals surface area contributed by atoms with Crippen LogP contribution in [0.1, 0.15) is 48.5 Å². The molecule has 0 N–H and O–H groups in total. The molecule has 1 aliphatic heterocycles. The van der Waals surface area contributed by atoms with Gasteiger partial charge in [-0.05, 0) is 48.6 Å². The van der Waals surface area contributed by atoms with Crippen LogP contribution in [-0.2, 0) is 0 Å². The van der Waals surface area contributed by atoms with Gasteiger partial charge in [0.2, 0.25) is 0 Å². The number of halogens is 1. The van der Waals surface area contributed by atoms with Crippen LogP contribution in [0.5, 0.6) is 11.5 Å². The van der Waals surface area contributed by atoms with E-state index in [0.29, 0.717) is 59.5 Å². The second-order valence-electron chi connectivity index (χ2n) is 8.69. The maximum absolute atomic E-state index is 13.7. The van der Waals surface area contributed by atoms with Crippen molar-refractivity contribution in [3.8, 4) is 17.2 Å². The number of hydrogen-bond donors (Lipinski definition) is 0. The summed E-state index contributed by atoms with van der Waals surface area (Å²) in [5, 5.41) is 0.843. The fourth-order valence-corrected chi connectivity index (χ4v) is 4.28. The maximum atomic E-state index is 13.7. The molecule has 4 rings (SSSR count). The highest BCUT2D eigenvalue weighted by Gasteiger charge is 2.26. The number of ether oxygens (including phenoxy) is 2. The fourth-order valence-electron chi connectivity index (χ4n) is 4.28. The summed E-state index contributed by atoms with van der Waals surface area (Å²) < 4.78 is 26.0. The highest BCUT2D eigenvalue weighted by atomic mass is 19.1. The lowest BCUT2D eigenvalue weighted by atomic mass is 10.0. The topological polar surface area (TPSA) is 60.8 Å². The Bertz CT molecular complexity index is 1240. The van der Waals surface area contributed by atoms with Crippen molar-refractivity contribution in [2.24, 2.45) is 0 Å². The van der Waals surface area contributed by atoms with Crippen LogP contribution in [0.4, 0.5) is 4.39 Å². The third-order valence-corrected chi connectivity index (χ3v) is 6.28. The minimum absolute atomic E-state index is 0.229. The molecule has 1 saturated heterocycles. The molecule has 1 amide bonds. The second-order valence-corrected chi connectivity index (χ2v) is 8.69. The lowest BCUT2D eigenvalue weighted by Gasteiger charge is -2.29. The number of rotatable bonds is 5. The summed E-state index contributed by atoms with van der Waals surface area (Å²) in [6.07, 6.45) is 1.34. The van der Waals surface area contributed by atoms with Gasteiger partial charge in [-0.2, -0.15) is 0 Å². The average Bonchev–Trinajstić information content (AvgIpc) is 2.83. The van der Waals surface area contributed by atoms with Crippen molar-refractivity contribution < 1.29 is 18.7 Å². The molecule has 7 heteroatoms. The van der Waals surface area contributed by atoms with Crippen molar-refractivity contribution in [1.82, 2.24) is 9.47 Å². The number of aromatic nitrogens is 1. The van der Waals surface area contributed by atoms with E-state index in [1.807, 2.05) is 24.3 Å². The van der Waals surface area contributed by atoms with E-state index in [-0.39, 0.29) is 17.4 Å². The van der Waals surface area contributed by atoms with Gasteiger partial charge < -0.3 is 14.4 Å². The van der Waals surface area contributed by atoms with Crippen LogP contribution in [0, 0.1) is 0 Å². The highest BCUT2D eigenvalue weighted by molar-refractivity contribution is 6.07. The first-order valence-electron chi connectivity index (χ1n) is 11.2. The Kier molecular flexibility index (Phi) is 6.40. The van der Waals surface area contributed by atoms with Gasteiger partial charge in [-0.15, -0.1) is 0 Å². The van der Waals surface area contributed by atoms with Crippen LogP contribution in [-0.4, -0.2) is 48.9 Å². The molecule has 3 aromatic rings. The number of nitrogens with zero attached hydrogens (tertiary/aromatic N) is 2. The third-order valence-electron chi connectivity index (χ3n) is 6.28. The first kappa shape index (κ1) is 22.8. The van der Waals surface area contributed by atoms with Crippen molar-refractivity contribution in [3.63, 3.8) is 0 Å². The largest absolute Gasteiger partial charge is 0.493 e. The van der Waals surface area contributed by atoms with E-state index in [1.54, 1.807) is 23.2 Å². The molecule has 0 aliphatic carbocycles. The molecule has 1 aromatic heterocycles. The number of carbonyl (C=O) groups is 1. The van der Waals surface area contributed by atoms with Gasteiger partial charge in [0.1, 0.15) is 6.17 Å². The van der Waals surface area contributed by atoms with Crippen LogP contribution >= 0.6 is 0 Å². The Morgan fingerprint density at radius 1 is 1.03 bits per heavy atom. The Morgan fingerprint density at radius 3 is 2.27 bits per heavy atom. The number of piperidine rings is 1. The van der Waals surface area contributed by atoms with E-state index >= 15 is 0 Å². The molecular weight excluding hydrogens is 423 g/mol. The minimum Gasteiger partial charge on any atom is -0.493 e. The standard InChI is InChI=1S/C26H29FN2O4/c1-16(2)17-6-5-7-19(12-17)29-15-22(25(30)28-10-8-18(27)9-11-28)20-13-23(32-3)24(33-4)14-21(20)26(29)31/h5-7,12-16,18H,8-11H2,1-4H3. The van der Waals surface area contributed by atoms with Crippen LogP contribution in [0.25, 0.3) is 16.5 Å². The number of hydrogen-bond acceptors (Lipinski definition) is 4. The summed E-state index contributed by atoms with van der Waals surface area (Å²) in [6, 6.07) is 11.0. The molecular formula is C26H29FN2O4. The van der Waals surface area contributed by atoms with Gasteiger partial charge in [0.25, 0.3) is 11.5 Å². The number of alkyl halides is 1. The predicted molar refractivity (Wildman–Crippen MR) is 127 cm³/mol. The normalized spacial score (nSPS) is 14.7. The first-order chi connectivity index (χ1) is 15.8. The molecule has 1 aliphatic rings. The van der Waals surface area contributed by atoms with E-state index in [1.165, 1.54) is 18.8 Å². The predicted octanol–water partition coefficient (Wildman–Crippen LogP) is 4.71. The molecule has 0 spiro atoms. The Hall–Kier alpha value is -3.35. The van der Waals surface area contributed by atoms with Crippen molar-refractivity contribution >= 4 is 16.7 Å². The fraction of sp³-hybridized carbons (Fsp3) is 0.385. The third kappa shape index (κ3) is 4.32. The second kappa shape index (κ2) is 9.25. The number of likely N-dealkylation sites (tertiary alicyclic amines) is 1. The quantitative estimate of drug-likeness (QED) is 0.563. The number of benzene rings is 2. The van der Waals surface area contributed by atoms with Crippen molar-refractivity contribution in [2.45, 2.75) is 38.8 Å². The zero-order chi connectivity index (χ0) is 23.7. The zero-order valence-corrected chi connectivity index (χ0v) is 19.4. The van der Waals surface area contributed by atoms with E-state index in [4.69, 9.17) is 9.47 Å². The Morgan fingerprint density at radius 2 is 1.67 bits per heavy atom. The molecule has 2 heterocycles. The average molecular weight is 453 g/mol. The summed E-state index contributed by atoms with van der Waals surface area (Å²) in [7, 11) is 3.01. The molecule has 0 unspecified atom stereocenters. The summed E-state index contributed by atoms with van der Waals surface area (Å²) in [5.74, 6) is 0.898.